The SMILES string of the molecule is CCOCCCN(C(=O)Cn1nnc2ccccc21)[C@H](C(=O)NCCC(C)C)c1ccc(OC)c(OC)c1. The smallest absolute Gasteiger partial charge is 0.247 e. The first-order valence-electron chi connectivity index (χ1n) is 13.0. The van der Waals surface area contributed by atoms with E-state index in [1.165, 1.54) is 0 Å². The fraction of sp³-hybridized carbons (Fsp3) is 0.500. The van der Waals surface area contributed by atoms with Gasteiger partial charge in [0.1, 0.15) is 18.1 Å². The number of nitrogens with zero attached hydrogens (tertiary/aromatic N) is 4. The first kappa shape index (κ1) is 28.9. The lowest BCUT2D eigenvalue weighted by atomic mass is 10.0. The van der Waals surface area contributed by atoms with Gasteiger partial charge in [-0.25, -0.2) is 4.68 Å². The summed E-state index contributed by atoms with van der Waals surface area (Å²) in [6.45, 7) is 7.95. The van der Waals surface area contributed by atoms with Gasteiger partial charge in [0.15, 0.2) is 11.5 Å². The van der Waals surface area contributed by atoms with Crippen molar-refractivity contribution in [3.63, 3.8) is 0 Å². The zero-order chi connectivity index (χ0) is 27.5. The summed E-state index contributed by atoms with van der Waals surface area (Å²) in [5.41, 5.74) is 2.07. The van der Waals surface area contributed by atoms with E-state index in [0.29, 0.717) is 61.2 Å². The molecule has 2 amide bonds. The summed E-state index contributed by atoms with van der Waals surface area (Å²) < 4.78 is 18.0. The normalized spacial score (nSPS) is 11.9. The van der Waals surface area contributed by atoms with Gasteiger partial charge in [-0.1, -0.05) is 37.3 Å². The van der Waals surface area contributed by atoms with Gasteiger partial charge in [-0.3, -0.25) is 9.59 Å². The van der Waals surface area contributed by atoms with Gasteiger partial charge in [0.2, 0.25) is 11.8 Å². The van der Waals surface area contributed by atoms with Crippen molar-refractivity contribution < 1.29 is 23.8 Å². The Hall–Kier alpha value is -3.66. The number of fused-ring (bicyclic) bond motifs is 1. The Morgan fingerprint density at radius 1 is 1.08 bits per heavy atom. The molecule has 0 unspecified atom stereocenters. The van der Waals surface area contributed by atoms with E-state index in [9.17, 15) is 9.59 Å². The van der Waals surface area contributed by atoms with Crippen LogP contribution in [0.15, 0.2) is 42.5 Å². The summed E-state index contributed by atoms with van der Waals surface area (Å²) in [7, 11) is 3.10. The number of carbonyl (C=O) groups excluding carboxylic acids is 2. The highest BCUT2D eigenvalue weighted by Crippen LogP contribution is 2.32. The van der Waals surface area contributed by atoms with Crippen molar-refractivity contribution in [3.8, 4) is 11.5 Å². The van der Waals surface area contributed by atoms with Crippen LogP contribution in [0.2, 0.25) is 0 Å². The third-order valence-electron chi connectivity index (χ3n) is 6.22. The number of carbonyl (C=O) groups is 2. The maximum atomic E-state index is 13.9. The van der Waals surface area contributed by atoms with Crippen molar-refractivity contribution in [2.75, 3.05) is 40.5 Å². The number of hydrogen-bond donors (Lipinski definition) is 1. The number of hydrogen-bond acceptors (Lipinski definition) is 7. The number of aromatic nitrogens is 3. The highest BCUT2D eigenvalue weighted by molar-refractivity contribution is 5.89. The molecule has 1 atom stereocenters. The van der Waals surface area contributed by atoms with E-state index in [1.807, 2.05) is 31.2 Å². The van der Waals surface area contributed by atoms with E-state index in [0.717, 1.165) is 11.9 Å². The van der Waals surface area contributed by atoms with E-state index in [2.05, 4.69) is 29.5 Å². The van der Waals surface area contributed by atoms with Crippen LogP contribution in [0.4, 0.5) is 0 Å². The molecule has 0 radical (unpaired) electrons. The van der Waals surface area contributed by atoms with E-state index >= 15 is 0 Å². The molecule has 0 fully saturated rings. The first-order valence-corrected chi connectivity index (χ1v) is 13.0. The predicted molar refractivity (Wildman–Crippen MR) is 145 cm³/mol. The van der Waals surface area contributed by atoms with Gasteiger partial charge in [0.25, 0.3) is 0 Å². The van der Waals surface area contributed by atoms with Crippen LogP contribution in [0, 0.1) is 5.92 Å². The van der Waals surface area contributed by atoms with Crippen molar-refractivity contribution in [1.29, 1.82) is 0 Å². The van der Waals surface area contributed by atoms with Crippen LogP contribution in [-0.2, 0) is 20.9 Å². The minimum atomic E-state index is -0.883. The number of amides is 2. The molecule has 0 aliphatic carbocycles. The number of rotatable bonds is 15. The molecule has 3 rings (SSSR count). The van der Waals surface area contributed by atoms with Gasteiger partial charge >= 0.3 is 0 Å². The second kappa shape index (κ2) is 14.3. The van der Waals surface area contributed by atoms with E-state index < -0.39 is 6.04 Å². The Balaban J connectivity index is 1.98. The van der Waals surface area contributed by atoms with Crippen LogP contribution in [0.5, 0.6) is 11.5 Å². The third kappa shape index (κ3) is 7.44. The molecule has 1 heterocycles. The Morgan fingerprint density at radius 2 is 1.84 bits per heavy atom. The van der Waals surface area contributed by atoms with Crippen LogP contribution in [0.25, 0.3) is 11.0 Å². The van der Waals surface area contributed by atoms with Gasteiger partial charge in [-0.15, -0.1) is 5.10 Å². The Labute approximate surface area is 224 Å². The van der Waals surface area contributed by atoms with Crippen molar-refractivity contribution in [2.24, 2.45) is 5.92 Å². The second-order valence-corrected chi connectivity index (χ2v) is 9.36. The van der Waals surface area contributed by atoms with Gasteiger partial charge in [0.05, 0.1) is 19.7 Å². The summed E-state index contributed by atoms with van der Waals surface area (Å²) in [5, 5.41) is 11.4. The van der Waals surface area contributed by atoms with E-state index in [-0.39, 0.29) is 18.4 Å². The van der Waals surface area contributed by atoms with Crippen LogP contribution >= 0.6 is 0 Å². The number of ether oxygens (including phenoxy) is 3. The summed E-state index contributed by atoms with van der Waals surface area (Å²) in [5.74, 6) is 0.939. The molecule has 0 aliphatic rings. The fourth-order valence-electron chi connectivity index (χ4n) is 4.21. The van der Waals surface area contributed by atoms with E-state index in [4.69, 9.17) is 14.2 Å². The quantitative estimate of drug-likeness (QED) is 0.302. The molecule has 0 saturated carbocycles. The second-order valence-electron chi connectivity index (χ2n) is 9.36. The number of methoxy groups -OCH3 is 2. The minimum Gasteiger partial charge on any atom is -0.493 e. The summed E-state index contributed by atoms with van der Waals surface area (Å²) >= 11 is 0. The topological polar surface area (TPSA) is 108 Å². The summed E-state index contributed by atoms with van der Waals surface area (Å²) in [6, 6.07) is 11.9. The average molecular weight is 526 g/mol. The fourth-order valence-corrected chi connectivity index (χ4v) is 4.21. The van der Waals surface area contributed by atoms with E-state index in [1.54, 1.807) is 42.0 Å². The van der Waals surface area contributed by atoms with Crippen molar-refractivity contribution >= 4 is 22.8 Å². The highest BCUT2D eigenvalue weighted by Gasteiger charge is 2.32. The van der Waals surface area contributed by atoms with Crippen molar-refractivity contribution in [3.05, 3.63) is 48.0 Å². The molecule has 206 valence electrons. The lowest BCUT2D eigenvalue weighted by Crippen LogP contribution is -2.46. The largest absolute Gasteiger partial charge is 0.493 e. The van der Waals surface area contributed by atoms with Crippen molar-refractivity contribution in [2.45, 2.75) is 46.2 Å². The van der Waals surface area contributed by atoms with Crippen LogP contribution in [0.3, 0.4) is 0 Å². The van der Waals surface area contributed by atoms with Gasteiger partial charge < -0.3 is 24.4 Å². The molecule has 0 spiro atoms. The van der Waals surface area contributed by atoms with Crippen LogP contribution in [0.1, 0.15) is 45.2 Å². The van der Waals surface area contributed by atoms with Crippen molar-refractivity contribution in [1.82, 2.24) is 25.2 Å². The standard InChI is InChI=1S/C28H39N5O5/c1-6-38-17-9-16-32(26(34)19-33-23-11-8-7-10-22(23)30-31-33)27(28(35)29-15-14-20(2)3)21-12-13-24(36-4)25(18-21)37-5/h7-8,10-13,18,20,27H,6,9,14-17,19H2,1-5H3,(H,29,35)/t27-/m0/s1. The third-order valence-corrected chi connectivity index (χ3v) is 6.22. The number of para-hydroxylation sites is 1. The zero-order valence-electron chi connectivity index (χ0n) is 23.0. The summed E-state index contributed by atoms with van der Waals surface area (Å²) in [6.07, 6.45) is 1.40. The van der Waals surface area contributed by atoms with Crippen LogP contribution < -0.4 is 14.8 Å². The molecule has 2 aromatic carbocycles. The Bertz CT molecular complexity index is 1200. The lowest BCUT2D eigenvalue weighted by molar-refractivity contribution is -0.141. The highest BCUT2D eigenvalue weighted by atomic mass is 16.5. The molecule has 10 nitrogen and oxygen atoms in total. The summed E-state index contributed by atoms with van der Waals surface area (Å²) in [4.78, 5) is 29.1. The molecule has 38 heavy (non-hydrogen) atoms. The monoisotopic (exact) mass is 525 g/mol. The van der Waals surface area contributed by atoms with Gasteiger partial charge in [-0.2, -0.15) is 0 Å². The van der Waals surface area contributed by atoms with Gasteiger partial charge in [-0.05, 0) is 55.5 Å². The molecule has 10 heteroatoms. The molecule has 1 N–H and O–H groups in total. The van der Waals surface area contributed by atoms with Gasteiger partial charge in [0, 0.05) is 26.3 Å². The maximum Gasteiger partial charge on any atom is 0.247 e. The zero-order valence-corrected chi connectivity index (χ0v) is 23.0. The molecule has 0 bridgehead atoms. The molecular formula is C28H39N5O5. The Kier molecular flexibility index (Phi) is 10.9. The predicted octanol–water partition coefficient (Wildman–Crippen LogP) is 3.61. The molecule has 1 aromatic heterocycles. The van der Waals surface area contributed by atoms with Crippen LogP contribution in [-0.4, -0.2) is 72.2 Å². The average Bonchev–Trinajstić information content (AvgIpc) is 3.32. The number of nitrogens with one attached hydrogen (secondary N) is 1. The molecular weight excluding hydrogens is 486 g/mol. The Morgan fingerprint density at radius 3 is 2.55 bits per heavy atom. The minimum absolute atomic E-state index is 0.0573. The maximum absolute atomic E-state index is 13.9. The number of benzene rings is 2. The molecule has 0 aliphatic heterocycles. The first-order chi connectivity index (χ1) is 18.4. The molecule has 3 aromatic rings. The lowest BCUT2D eigenvalue weighted by Gasteiger charge is -2.32. The molecule has 0 saturated heterocycles.